The predicted molar refractivity (Wildman–Crippen MR) is 99.6 cm³/mol. The van der Waals surface area contributed by atoms with Crippen molar-refractivity contribution in [3.63, 3.8) is 0 Å². The number of hydrogen-bond acceptors (Lipinski definition) is 3. The van der Waals surface area contributed by atoms with Gasteiger partial charge in [-0.25, -0.2) is 4.68 Å². The van der Waals surface area contributed by atoms with Crippen molar-refractivity contribution >= 4 is 11.8 Å². The minimum absolute atomic E-state index is 0.0199. The molecule has 2 heterocycles. The summed E-state index contributed by atoms with van der Waals surface area (Å²) in [5, 5.41) is 7.34. The molecule has 0 saturated carbocycles. The number of benzene rings is 1. The molecule has 6 heteroatoms. The molecule has 0 spiro atoms. The third-order valence-corrected chi connectivity index (χ3v) is 4.73. The maximum absolute atomic E-state index is 12.5. The fourth-order valence-electron chi connectivity index (χ4n) is 3.30. The van der Waals surface area contributed by atoms with Gasteiger partial charge in [-0.05, 0) is 31.4 Å². The average Bonchev–Trinajstić information content (AvgIpc) is 3.16. The normalized spacial score (nSPS) is 17.1. The molecule has 138 valence electrons. The van der Waals surface area contributed by atoms with E-state index in [1.54, 1.807) is 10.9 Å². The van der Waals surface area contributed by atoms with Crippen LogP contribution in [0.15, 0.2) is 42.7 Å². The van der Waals surface area contributed by atoms with E-state index in [1.165, 1.54) is 0 Å². The third-order valence-electron chi connectivity index (χ3n) is 4.73. The second kappa shape index (κ2) is 8.65. The van der Waals surface area contributed by atoms with Gasteiger partial charge >= 0.3 is 0 Å². The lowest BCUT2D eigenvalue weighted by Gasteiger charge is -2.32. The Hall–Kier alpha value is -2.63. The van der Waals surface area contributed by atoms with E-state index >= 15 is 0 Å². The number of carbonyl (C=O) groups is 2. The van der Waals surface area contributed by atoms with Gasteiger partial charge in [0.25, 0.3) is 0 Å². The first-order valence-electron chi connectivity index (χ1n) is 9.32. The summed E-state index contributed by atoms with van der Waals surface area (Å²) in [6.45, 7) is 3.76. The number of hydrogen-bond donors (Lipinski definition) is 1. The minimum Gasteiger partial charge on any atom is -0.352 e. The SMILES string of the molecule is CCCC(=O)N1CCCC(C(=O)NCc2cnn(-c3ccccc3)c2)C1. The number of amides is 2. The molecule has 1 N–H and O–H groups in total. The maximum atomic E-state index is 12.5. The molecule has 1 unspecified atom stereocenters. The molecular weight excluding hydrogens is 328 g/mol. The fraction of sp³-hybridized carbons (Fsp3) is 0.450. The summed E-state index contributed by atoms with van der Waals surface area (Å²) in [4.78, 5) is 26.4. The van der Waals surface area contributed by atoms with Crippen molar-refractivity contribution in [2.75, 3.05) is 13.1 Å². The summed E-state index contributed by atoms with van der Waals surface area (Å²) in [5.74, 6) is 0.0642. The molecule has 1 fully saturated rings. The highest BCUT2D eigenvalue weighted by molar-refractivity contribution is 5.81. The Kier molecular flexibility index (Phi) is 6.04. The van der Waals surface area contributed by atoms with E-state index in [-0.39, 0.29) is 17.7 Å². The molecule has 2 amide bonds. The van der Waals surface area contributed by atoms with Crippen molar-refractivity contribution in [2.24, 2.45) is 5.92 Å². The van der Waals surface area contributed by atoms with Crippen LogP contribution in [0.1, 0.15) is 38.2 Å². The van der Waals surface area contributed by atoms with Crippen LogP contribution in [0.2, 0.25) is 0 Å². The summed E-state index contributed by atoms with van der Waals surface area (Å²) in [6.07, 6.45) is 6.83. The minimum atomic E-state index is -0.117. The highest BCUT2D eigenvalue weighted by Crippen LogP contribution is 2.18. The van der Waals surface area contributed by atoms with Crippen molar-refractivity contribution in [1.29, 1.82) is 0 Å². The van der Waals surface area contributed by atoms with Crippen molar-refractivity contribution in [2.45, 2.75) is 39.2 Å². The Bertz CT molecular complexity index is 741. The van der Waals surface area contributed by atoms with Crippen molar-refractivity contribution in [1.82, 2.24) is 20.0 Å². The molecule has 1 atom stereocenters. The number of likely N-dealkylation sites (tertiary alicyclic amines) is 1. The maximum Gasteiger partial charge on any atom is 0.225 e. The second-order valence-electron chi connectivity index (χ2n) is 6.78. The van der Waals surface area contributed by atoms with Crippen LogP contribution in [0, 0.1) is 5.92 Å². The monoisotopic (exact) mass is 354 g/mol. The molecule has 0 bridgehead atoms. The zero-order valence-corrected chi connectivity index (χ0v) is 15.2. The van der Waals surface area contributed by atoms with Gasteiger partial charge in [0.05, 0.1) is 17.8 Å². The van der Waals surface area contributed by atoms with Gasteiger partial charge in [0.1, 0.15) is 0 Å². The third kappa shape index (κ3) is 4.50. The number of nitrogens with one attached hydrogen (secondary N) is 1. The molecule has 1 aliphatic rings. The number of aromatic nitrogens is 2. The van der Waals surface area contributed by atoms with Crippen LogP contribution in [0.25, 0.3) is 5.69 Å². The van der Waals surface area contributed by atoms with Gasteiger partial charge < -0.3 is 10.2 Å². The van der Waals surface area contributed by atoms with Crippen LogP contribution in [0.4, 0.5) is 0 Å². The molecule has 26 heavy (non-hydrogen) atoms. The molecule has 1 aromatic carbocycles. The smallest absolute Gasteiger partial charge is 0.225 e. The van der Waals surface area contributed by atoms with Crippen molar-refractivity contribution in [3.05, 3.63) is 48.3 Å². The lowest BCUT2D eigenvalue weighted by molar-refractivity contribution is -0.135. The topological polar surface area (TPSA) is 67.2 Å². The number of para-hydroxylation sites is 1. The van der Waals surface area contributed by atoms with E-state index < -0.39 is 0 Å². The molecule has 0 radical (unpaired) electrons. The lowest BCUT2D eigenvalue weighted by Crippen LogP contribution is -2.45. The number of nitrogens with zero attached hydrogens (tertiary/aromatic N) is 3. The molecular formula is C20H26N4O2. The van der Waals surface area contributed by atoms with Crippen molar-refractivity contribution in [3.8, 4) is 5.69 Å². The van der Waals surface area contributed by atoms with Gasteiger partial charge in [-0.15, -0.1) is 0 Å². The summed E-state index contributed by atoms with van der Waals surface area (Å²) < 4.78 is 1.80. The van der Waals surface area contributed by atoms with Gasteiger partial charge in [0, 0.05) is 37.8 Å². The van der Waals surface area contributed by atoms with Gasteiger partial charge in [0.15, 0.2) is 0 Å². The van der Waals surface area contributed by atoms with Gasteiger partial charge in [-0.2, -0.15) is 5.10 Å². The number of carbonyl (C=O) groups excluding carboxylic acids is 2. The average molecular weight is 354 g/mol. The highest BCUT2D eigenvalue weighted by Gasteiger charge is 2.27. The standard InChI is InChI=1S/C20H26N4O2/c1-2-7-19(25)23-11-6-8-17(15-23)20(26)21-12-16-13-22-24(14-16)18-9-4-3-5-10-18/h3-5,9-10,13-14,17H,2,6-8,11-12,15H2,1H3,(H,21,26). The van der Waals surface area contributed by atoms with E-state index in [9.17, 15) is 9.59 Å². The Labute approximate surface area is 154 Å². The van der Waals surface area contributed by atoms with Crippen LogP contribution >= 0.6 is 0 Å². The Morgan fingerprint density at radius 2 is 2.08 bits per heavy atom. The molecule has 3 rings (SSSR count). The zero-order valence-electron chi connectivity index (χ0n) is 15.2. The van der Waals surface area contributed by atoms with Crippen LogP contribution in [0.3, 0.4) is 0 Å². The highest BCUT2D eigenvalue weighted by atomic mass is 16.2. The molecule has 0 aliphatic carbocycles. The summed E-state index contributed by atoms with van der Waals surface area (Å²) in [5.41, 5.74) is 1.94. The molecule has 2 aromatic rings. The quantitative estimate of drug-likeness (QED) is 0.867. The van der Waals surface area contributed by atoms with Crippen LogP contribution in [-0.2, 0) is 16.1 Å². The Morgan fingerprint density at radius 3 is 2.85 bits per heavy atom. The van der Waals surface area contributed by atoms with Gasteiger partial charge in [0.2, 0.25) is 11.8 Å². The van der Waals surface area contributed by atoms with Gasteiger partial charge in [-0.1, -0.05) is 25.1 Å². The predicted octanol–water partition coefficient (Wildman–Crippen LogP) is 2.53. The largest absolute Gasteiger partial charge is 0.352 e. The Morgan fingerprint density at radius 1 is 1.27 bits per heavy atom. The second-order valence-corrected chi connectivity index (χ2v) is 6.78. The number of piperidine rings is 1. The summed E-state index contributed by atoms with van der Waals surface area (Å²) in [7, 11) is 0. The molecule has 6 nitrogen and oxygen atoms in total. The summed E-state index contributed by atoms with van der Waals surface area (Å²) >= 11 is 0. The molecule has 1 saturated heterocycles. The van der Waals surface area contributed by atoms with E-state index in [0.717, 1.165) is 37.1 Å². The Balaban J connectivity index is 1.52. The zero-order chi connectivity index (χ0) is 18.4. The first kappa shape index (κ1) is 18.2. The molecule has 1 aromatic heterocycles. The van der Waals surface area contributed by atoms with Gasteiger partial charge in [-0.3, -0.25) is 9.59 Å². The van der Waals surface area contributed by atoms with Crippen LogP contribution < -0.4 is 5.32 Å². The van der Waals surface area contributed by atoms with E-state index in [0.29, 0.717) is 19.5 Å². The fourth-order valence-corrected chi connectivity index (χ4v) is 3.30. The van der Waals surface area contributed by atoms with E-state index in [2.05, 4.69) is 10.4 Å². The lowest BCUT2D eigenvalue weighted by atomic mass is 9.96. The first-order valence-corrected chi connectivity index (χ1v) is 9.32. The molecule has 1 aliphatic heterocycles. The first-order chi connectivity index (χ1) is 12.7. The summed E-state index contributed by atoms with van der Waals surface area (Å²) in [6, 6.07) is 9.87. The van der Waals surface area contributed by atoms with Crippen molar-refractivity contribution < 1.29 is 9.59 Å². The van der Waals surface area contributed by atoms with Crippen LogP contribution in [0.5, 0.6) is 0 Å². The van der Waals surface area contributed by atoms with Crippen LogP contribution in [-0.4, -0.2) is 39.6 Å². The number of rotatable bonds is 6. The van der Waals surface area contributed by atoms with E-state index in [4.69, 9.17) is 0 Å². The van der Waals surface area contributed by atoms with E-state index in [1.807, 2.05) is 48.4 Å².